The molecular formula is C34H41F3N8O7. The van der Waals surface area contributed by atoms with Gasteiger partial charge in [0.25, 0.3) is 0 Å². The number of hydrogen-bond acceptors (Lipinski definition) is 11. The van der Waals surface area contributed by atoms with E-state index in [4.69, 9.17) is 30.5 Å². The molecule has 1 aliphatic heterocycles. The topological polar surface area (TPSA) is 226 Å². The number of nitrogens with zero attached hydrogens (tertiary/aromatic N) is 3. The first-order chi connectivity index (χ1) is 24.8. The molecule has 8 N–H and O–H groups in total. The van der Waals surface area contributed by atoms with E-state index in [1.54, 1.807) is 72.6 Å². The minimum atomic E-state index is -5.08. The van der Waals surface area contributed by atoms with Gasteiger partial charge in [0.2, 0.25) is 12.3 Å². The Morgan fingerprint density at radius 2 is 1.77 bits per heavy atom. The summed E-state index contributed by atoms with van der Waals surface area (Å²) < 4.78 is 43.3. The Hall–Kier alpha value is -6.17. The highest BCUT2D eigenvalue weighted by atomic mass is 19.4. The maximum atomic E-state index is 11.9. The van der Waals surface area contributed by atoms with Gasteiger partial charge in [-0.2, -0.15) is 18.3 Å². The van der Waals surface area contributed by atoms with E-state index in [0.29, 0.717) is 65.5 Å². The van der Waals surface area contributed by atoms with Crippen LogP contribution in [-0.2, 0) is 14.4 Å². The van der Waals surface area contributed by atoms with Gasteiger partial charge in [0.15, 0.2) is 23.6 Å². The van der Waals surface area contributed by atoms with Gasteiger partial charge in [-0.15, -0.1) is 0 Å². The summed E-state index contributed by atoms with van der Waals surface area (Å²) in [5, 5.41) is 27.1. The van der Waals surface area contributed by atoms with Crippen LogP contribution in [0.4, 0.5) is 24.5 Å². The predicted octanol–water partition coefficient (Wildman–Crippen LogP) is 3.35. The predicted molar refractivity (Wildman–Crippen MR) is 189 cm³/mol. The maximum Gasteiger partial charge on any atom is 0.490 e. The lowest BCUT2D eigenvalue weighted by Gasteiger charge is -2.25. The van der Waals surface area contributed by atoms with Crippen LogP contribution in [0.15, 0.2) is 71.8 Å². The second-order valence-corrected chi connectivity index (χ2v) is 10.6. The lowest BCUT2D eigenvalue weighted by atomic mass is 10.0. The number of aldehydes is 1. The smallest absolute Gasteiger partial charge is 0.490 e. The van der Waals surface area contributed by atoms with Crippen LogP contribution in [0.5, 0.6) is 11.5 Å². The van der Waals surface area contributed by atoms with Crippen molar-refractivity contribution >= 4 is 47.6 Å². The highest BCUT2D eigenvalue weighted by molar-refractivity contribution is 5.98. The highest BCUT2D eigenvalue weighted by Crippen LogP contribution is 2.32. The average Bonchev–Trinajstić information content (AvgIpc) is 3.55. The minimum Gasteiger partial charge on any atom is -0.493 e. The summed E-state index contributed by atoms with van der Waals surface area (Å²) in [7, 11) is 4.71. The number of hydrazone groups is 1. The Morgan fingerprint density at radius 1 is 1.12 bits per heavy atom. The number of methoxy groups -OCH3 is 1. The van der Waals surface area contributed by atoms with Crippen molar-refractivity contribution in [3.63, 3.8) is 0 Å². The van der Waals surface area contributed by atoms with Crippen LogP contribution in [0.2, 0.25) is 0 Å². The molecule has 1 saturated heterocycles. The van der Waals surface area contributed by atoms with Crippen LogP contribution >= 0.6 is 0 Å². The van der Waals surface area contributed by atoms with Gasteiger partial charge in [-0.1, -0.05) is 18.2 Å². The number of halogens is 3. The second-order valence-electron chi connectivity index (χ2n) is 10.6. The number of likely N-dealkylation sites (tertiary alicyclic amines) is 1. The molecule has 3 aromatic carbocycles. The van der Waals surface area contributed by atoms with Crippen LogP contribution < -0.4 is 36.6 Å². The summed E-state index contributed by atoms with van der Waals surface area (Å²) >= 11 is 0. The number of alkyl halides is 3. The summed E-state index contributed by atoms with van der Waals surface area (Å²) in [5.74, 6) is -1.50. The summed E-state index contributed by atoms with van der Waals surface area (Å²) in [6, 6.07) is 18.6. The standard InChI is InChI=1S/C31H35N7O5.C2HF3O2.CH5N/c1-37(25-7-4-3-6-23(25)19-39)36-31(34-20-40)29(35-24-12-9-21(10-13-24)30(32)33)22-11-14-26(27(18-22)42-2)43-17-16-38-15-5-8-28(38)41;3-2(4,5)1(6)7;1-2/h3-4,6-7,9-14,18-20,29,35H,5,8,15-17H2,1-2H3,(H3,32,33)(H,34,36,40);(H,6,7);2H2,1H3. The molecule has 1 fully saturated rings. The van der Waals surface area contributed by atoms with Gasteiger partial charge in [0.1, 0.15) is 18.5 Å². The van der Waals surface area contributed by atoms with E-state index >= 15 is 0 Å². The SMILES string of the molecule is CN.COc1cc(C(Nc2ccc(C(=N)N)cc2)/C(=N/N(C)c2ccccc2C=O)NC=O)ccc1OCCN1CCCC1=O.O=C(O)C(F)(F)F. The first-order valence-corrected chi connectivity index (χ1v) is 15.5. The van der Waals surface area contributed by atoms with Crippen LogP contribution in [0.3, 0.4) is 0 Å². The summed E-state index contributed by atoms with van der Waals surface area (Å²) in [4.78, 5) is 46.1. The Labute approximate surface area is 297 Å². The van der Waals surface area contributed by atoms with Gasteiger partial charge < -0.3 is 41.6 Å². The molecule has 1 unspecified atom stereocenters. The molecule has 18 heteroatoms. The zero-order valence-corrected chi connectivity index (χ0v) is 28.6. The van der Waals surface area contributed by atoms with Gasteiger partial charge >= 0.3 is 12.1 Å². The third-order valence-electron chi connectivity index (χ3n) is 7.21. The number of carboxylic acid groups (broad SMARTS) is 1. The number of amides is 2. The molecule has 0 aromatic heterocycles. The number of carboxylic acids is 1. The zero-order valence-electron chi connectivity index (χ0n) is 28.6. The van der Waals surface area contributed by atoms with Crippen molar-refractivity contribution in [2.45, 2.75) is 25.1 Å². The number of rotatable bonds is 14. The molecule has 0 aliphatic carbocycles. The van der Waals surface area contributed by atoms with E-state index in [0.717, 1.165) is 19.3 Å². The van der Waals surface area contributed by atoms with Crippen molar-refractivity contribution in [3.8, 4) is 11.5 Å². The molecule has 0 bridgehead atoms. The summed E-state index contributed by atoms with van der Waals surface area (Å²) in [6.45, 7) is 1.53. The quantitative estimate of drug-likeness (QED) is 0.0610. The number of nitrogens with one attached hydrogen (secondary N) is 3. The lowest BCUT2D eigenvalue weighted by molar-refractivity contribution is -0.192. The molecule has 1 aliphatic rings. The number of benzene rings is 3. The van der Waals surface area contributed by atoms with E-state index in [1.807, 2.05) is 6.07 Å². The summed E-state index contributed by atoms with van der Waals surface area (Å²) in [5.41, 5.74) is 13.0. The fourth-order valence-electron chi connectivity index (χ4n) is 4.74. The number of para-hydroxylation sites is 1. The van der Waals surface area contributed by atoms with Crippen molar-refractivity contribution < 1.29 is 46.9 Å². The van der Waals surface area contributed by atoms with E-state index in [9.17, 15) is 27.6 Å². The zero-order chi connectivity index (χ0) is 38.8. The number of amidine groups is 2. The average molecular weight is 731 g/mol. The second kappa shape index (κ2) is 20.5. The van der Waals surface area contributed by atoms with Crippen molar-refractivity contribution in [1.29, 1.82) is 5.41 Å². The van der Waals surface area contributed by atoms with Crippen molar-refractivity contribution in [2.24, 2.45) is 16.6 Å². The summed E-state index contributed by atoms with van der Waals surface area (Å²) in [6.07, 6.45) is -2.39. The molecule has 280 valence electrons. The number of carbonyl (C=O) groups excluding carboxylic acids is 3. The number of anilines is 2. The number of carbonyl (C=O) groups is 4. The van der Waals surface area contributed by atoms with Gasteiger partial charge in [0.05, 0.1) is 19.3 Å². The van der Waals surface area contributed by atoms with Crippen LogP contribution in [0.25, 0.3) is 0 Å². The van der Waals surface area contributed by atoms with E-state index in [1.165, 1.54) is 19.2 Å². The fraction of sp³-hybridized carbons (Fsp3) is 0.294. The van der Waals surface area contributed by atoms with Crippen LogP contribution in [0.1, 0.15) is 40.4 Å². The number of nitrogen functional groups attached to an aromatic ring is 1. The Bertz CT molecular complexity index is 1710. The monoisotopic (exact) mass is 730 g/mol. The van der Waals surface area contributed by atoms with Crippen molar-refractivity contribution in [3.05, 3.63) is 83.4 Å². The molecule has 4 rings (SSSR count). The molecule has 1 atom stereocenters. The van der Waals surface area contributed by atoms with Gasteiger partial charge in [-0.05, 0) is 67.6 Å². The van der Waals surface area contributed by atoms with Gasteiger partial charge in [-0.25, -0.2) is 4.79 Å². The maximum absolute atomic E-state index is 11.9. The largest absolute Gasteiger partial charge is 0.493 e. The lowest BCUT2D eigenvalue weighted by Crippen LogP contribution is -2.35. The number of aliphatic carboxylic acids is 1. The Kier molecular flexibility index (Phi) is 16.5. The van der Waals surface area contributed by atoms with Crippen LogP contribution in [-0.4, -0.2) is 93.3 Å². The third-order valence-corrected chi connectivity index (χ3v) is 7.21. The first-order valence-electron chi connectivity index (χ1n) is 15.5. The number of ether oxygens (including phenoxy) is 2. The first kappa shape index (κ1) is 42.0. The fourth-order valence-corrected chi connectivity index (χ4v) is 4.74. The molecule has 15 nitrogen and oxygen atoms in total. The van der Waals surface area contributed by atoms with Crippen molar-refractivity contribution in [1.82, 2.24) is 10.2 Å². The molecule has 3 aromatic rings. The van der Waals surface area contributed by atoms with E-state index < -0.39 is 18.2 Å². The minimum absolute atomic E-state index is 0.0575. The Balaban J connectivity index is 0.000000930. The number of hydrogen-bond donors (Lipinski definition) is 6. The molecule has 52 heavy (non-hydrogen) atoms. The number of nitrogens with two attached hydrogens (primary N) is 2. The van der Waals surface area contributed by atoms with E-state index in [-0.39, 0.29) is 17.6 Å². The highest BCUT2D eigenvalue weighted by Gasteiger charge is 2.38. The molecular weight excluding hydrogens is 689 g/mol. The van der Waals surface area contributed by atoms with Gasteiger partial charge in [0, 0.05) is 36.8 Å². The Morgan fingerprint density at radius 3 is 2.31 bits per heavy atom. The molecule has 0 radical (unpaired) electrons. The molecule has 2 amide bonds. The normalized spacial score (nSPS) is 12.9. The van der Waals surface area contributed by atoms with E-state index in [2.05, 4.69) is 21.5 Å². The van der Waals surface area contributed by atoms with Crippen molar-refractivity contribution in [2.75, 3.05) is 51.2 Å². The molecule has 0 saturated carbocycles. The van der Waals surface area contributed by atoms with Gasteiger partial charge in [-0.3, -0.25) is 24.8 Å². The molecule has 1 heterocycles. The van der Waals surface area contributed by atoms with Crippen LogP contribution in [0, 0.1) is 5.41 Å². The molecule has 0 spiro atoms. The third kappa shape index (κ3) is 12.3.